The molecular formula is C22H22BrN5O3S. The van der Waals surface area contributed by atoms with Gasteiger partial charge in [0.1, 0.15) is 17.2 Å². The summed E-state index contributed by atoms with van der Waals surface area (Å²) in [6.07, 6.45) is 4.20. The van der Waals surface area contributed by atoms with Gasteiger partial charge in [-0.1, -0.05) is 13.0 Å². The Hall–Kier alpha value is -2.98. The molecule has 4 aromatic rings. The van der Waals surface area contributed by atoms with Gasteiger partial charge in [-0.15, -0.1) is 10.2 Å². The molecule has 32 heavy (non-hydrogen) atoms. The molecule has 0 aliphatic rings. The molecule has 0 amide bonds. The number of rotatable bonds is 9. The Morgan fingerprint density at radius 2 is 1.88 bits per heavy atom. The lowest BCUT2D eigenvalue weighted by Gasteiger charge is -2.18. The van der Waals surface area contributed by atoms with Crippen LogP contribution in [-0.2, 0) is 6.42 Å². The summed E-state index contributed by atoms with van der Waals surface area (Å²) in [5.74, 6) is 2.88. The molecule has 1 atom stereocenters. The molecule has 3 heterocycles. The van der Waals surface area contributed by atoms with Crippen LogP contribution in [0.5, 0.6) is 11.5 Å². The highest BCUT2D eigenvalue weighted by Crippen LogP contribution is 2.38. The maximum absolute atomic E-state index is 5.62. The third-order valence-corrected chi connectivity index (χ3v) is 6.01. The lowest BCUT2D eigenvalue weighted by Crippen LogP contribution is -2.10. The van der Waals surface area contributed by atoms with E-state index in [9.17, 15) is 0 Å². The Balaban J connectivity index is 1.66. The molecule has 1 unspecified atom stereocenters. The number of ether oxygens (including phenoxy) is 2. The van der Waals surface area contributed by atoms with E-state index in [0.717, 1.165) is 16.6 Å². The Labute approximate surface area is 198 Å². The van der Waals surface area contributed by atoms with E-state index in [1.54, 1.807) is 26.7 Å². The number of nitrogens with zero attached hydrogens (tertiary/aromatic N) is 4. The van der Waals surface area contributed by atoms with Gasteiger partial charge in [-0.3, -0.25) is 14.3 Å². The van der Waals surface area contributed by atoms with Crippen LogP contribution in [0, 0.1) is 0 Å². The van der Waals surface area contributed by atoms with Gasteiger partial charge in [0, 0.05) is 28.0 Å². The predicted molar refractivity (Wildman–Crippen MR) is 128 cm³/mol. The molecule has 0 aliphatic heterocycles. The molecule has 3 aromatic heterocycles. The highest BCUT2D eigenvalue weighted by molar-refractivity contribution is 9.10. The molecule has 1 N–H and O–H groups in total. The largest absolute Gasteiger partial charge is 0.494 e. The van der Waals surface area contributed by atoms with E-state index in [2.05, 4.69) is 42.8 Å². The Kier molecular flexibility index (Phi) is 7.01. The maximum atomic E-state index is 5.62. The Morgan fingerprint density at radius 3 is 2.50 bits per heavy atom. The number of para-hydroxylation sites is 1. The number of halogens is 1. The van der Waals surface area contributed by atoms with E-state index < -0.39 is 0 Å². The standard InChI is InChI=1S/C22H22BrN5O3S/c1-14(12-16-10-9-15(23)13-24-16)32-27-22-26-25-21(19-8-5-11-31-19)28(22)20-17(29-2)6-4-7-18(20)30-3/h4-11,13-14H,12H2,1-3H3,(H,26,27). The SMILES string of the molecule is COc1cccc(OC)c1-n1c(NSC(C)Cc2ccc(Br)cn2)nnc1-c1ccco1. The molecule has 0 spiro atoms. The molecule has 0 radical (unpaired) electrons. The number of aromatic nitrogens is 4. The molecule has 0 saturated carbocycles. The summed E-state index contributed by atoms with van der Waals surface area (Å²) >= 11 is 4.96. The highest BCUT2D eigenvalue weighted by Gasteiger charge is 2.24. The fourth-order valence-corrected chi connectivity index (χ4v) is 4.12. The number of methoxy groups -OCH3 is 2. The first-order chi connectivity index (χ1) is 15.6. The molecule has 166 valence electrons. The summed E-state index contributed by atoms with van der Waals surface area (Å²) < 4.78 is 23.0. The molecule has 8 nitrogen and oxygen atoms in total. The summed E-state index contributed by atoms with van der Waals surface area (Å²) in [6.45, 7) is 2.12. The van der Waals surface area contributed by atoms with Gasteiger partial charge in [-0.25, -0.2) is 0 Å². The van der Waals surface area contributed by atoms with Crippen molar-refractivity contribution in [3.05, 3.63) is 65.1 Å². The normalized spacial score (nSPS) is 11.9. The van der Waals surface area contributed by atoms with Crippen molar-refractivity contribution in [2.24, 2.45) is 0 Å². The van der Waals surface area contributed by atoms with Gasteiger partial charge < -0.3 is 13.9 Å². The summed E-state index contributed by atoms with van der Waals surface area (Å²) in [5.41, 5.74) is 1.69. The predicted octanol–water partition coefficient (Wildman–Crippen LogP) is 5.39. The third kappa shape index (κ3) is 4.76. The monoisotopic (exact) mass is 515 g/mol. The van der Waals surface area contributed by atoms with Crippen LogP contribution in [0.2, 0.25) is 0 Å². The van der Waals surface area contributed by atoms with Crippen molar-refractivity contribution in [3.63, 3.8) is 0 Å². The second kappa shape index (κ2) is 10.1. The first-order valence-corrected chi connectivity index (χ1v) is 11.5. The number of benzene rings is 1. The topological polar surface area (TPSA) is 87.2 Å². The van der Waals surface area contributed by atoms with E-state index >= 15 is 0 Å². The van der Waals surface area contributed by atoms with Crippen LogP contribution < -0.4 is 14.2 Å². The van der Waals surface area contributed by atoms with Crippen molar-refractivity contribution in [1.82, 2.24) is 19.7 Å². The molecule has 10 heteroatoms. The number of hydrogen-bond donors (Lipinski definition) is 1. The minimum Gasteiger partial charge on any atom is -0.494 e. The average molecular weight is 516 g/mol. The molecule has 0 saturated heterocycles. The van der Waals surface area contributed by atoms with Gasteiger partial charge in [0.25, 0.3) is 0 Å². The lowest BCUT2D eigenvalue weighted by molar-refractivity contribution is 0.391. The number of hydrogen-bond acceptors (Lipinski definition) is 8. The second-order valence-corrected chi connectivity index (χ2v) is 9.03. The van der Waals surface area contributed by atoms with Crippen LogP contribution in [0.1, 0.15) is 12.6 Å². The van der Waals surface area contributed by atoms with Crippen molar-refractivity contribution in [3.8, 4) is 28.8 Å². The molecule has 0 aliphatic carbocycles. The minimum absolute atomic E-state index is 0.223. The molecule has 0 fully saturated rings. The van der Waals surface area contributed by atoms with Gasteiger partial charge in [0.2, 0.25) is 11.8 Å². The quantitative estimate of drug-likeness (QED) is 0.296. The summed E-state index contributed by atoms with van der Waals surface area (Å²) in [5, 5.41) is 8.97. The highest BCUT2D eigenvalue weighted by atomic mass is 79.9. The average Bonchev–Trinajstić information content (AvgIpc) is 3.48. The minimum atomic E-state index is 0.223. The first-order valence-electron chi connectivity index (χ1n) is 9.83. The molecule has 1 aromatic carbocycles. The Bertz CT molecular complexity index is 1140. The van der Waals surface area contributed by atoms with Gasteiger partial charge in [-0.05, 0) is 64.3 Å². The number of furan rings is 1. The first kappa shape index (κ1) is 22.2. The summed E-state index contributed by atoms with van der Waals surface area (Å²) in [4.78, 5) is 4.45. The van der Waals surface area contributed by atoms with Crippen molar-refractivity contribution < 1.29 is 13.9 Å². The number of anilines is 1. The van der Waals surface area contributed by atoms with Crippen molar-refractivity contribution in [2.45, 2.75) is 18.6 Å². The van der Waals surface area contributed by atoms with Crippen LogP contribution in [0.3, 0.4) is 0 Å². The summed E-state index contributed by atoms with van der Waals surface area (Å²) in [6, 6.07) is 13.2. The molecular weight excluding hydrogens is 494 g/mol. The van der Waals surface area contributed by atoms with Gasteiger partial charge in [0.15, 0.2) is 5.76 Å². The number of pyridine rings is 1. The van der Waals surface area contributed by atoms with Crippen LogP contribution >= 0.6 is 27.9 Å². The molecule has 0 bridgehead atoms. The van der Waals surface area contributed by atoms with Gasteiger partial charge >= 0.3 is 0 Å². The number of nitrogens with one attached hydrogen (secondary N) is 1. The van der Waals surface area contributed by atoms with Crippen molar-refractivity contribution in [2.75, 3.05) is 18.9 Å². The fraction of sp³-hybridized carbons (Fsp3) is 0.227. The molecule has 4 rings (SSSR count). The van der Waals surface area contributed by atoms with E-state index in [1.807, 2.05) is 47.0 Å². The Morgan fingerprint density at radius 1 is 1.09 bits per heavy atom. The second-order valence-electron chi connectivity index (χ2n) is 6.87. The van der Waals surface area contributed by atoms with Crippen molar-refractivity contribution >= 4 is 33.8 Å². The zero-order valence-corrected chi connectivity index (χ0v) is 20.2. The van der Waals surface area contributed by atoms with Crippen LogP contribution in [0.4, 0.5) is 5.95 Å². The fourth-order valence-electron chi connectivity index (χ4n) is 3.20. The van der Waals surface area contributed by atoms with E-state index in [1.165, 1.54) is 11.9 Å². The maximum Gasteiger partial charge on any atom is 0.239 e. The summed E-state index contributed by atoms with van der Waals surface area (Å²) in [7, 11) is 3.23. The van der Waals surface area contributed by atoms with E-state index in [4.69, 9.17) is 13.9 Å². The lowest BCUT2D eigenvalue weighted by atomic mass is 10.2. The zero-order valence-electron chi connectivity index (χ0n) is 17.8. The van der Waals surface area contributed by atoms with Gasteiger partial charge in [-0.2, -0.15) is 0 Å². The van der Waals surface area contributed by atoms with E-state index in [0.29, 0.717) is 34.7 Å². The third-order valence-electron chi connectivity index (χ3n) is 4.67. The van der Waals surface area contributed by atoms with Crippen LogP contribution in [-0.4, -0.2) is 39.2 Å². The van der Waals surface area contributed by atoms with Crippen LogP contribution in [0.25, 0.3) is 17.3 Å². The van der Waals surface area contributed by atoms with E-state index in [-0.39, 0.29) is 5.25 Å². The smallest absolute Gasteiger partial charge is 0.239 e. The van der Waals surface area contributed by atoms with Gasteiger partial charge in [0.05, 0.1) is 20.5 Å². The van der Waals surface area contributed by atoms with Crippen LogP contribution in [0.15, 0.2) is 63.8 Å². The van der Waals surface area contributed by atoms with Crippen molar-refractivity contribution in [1.29, 1.82) is 0 Å². The zero-order chi connectivity index (χ0) is 22.5.